The number of aromatic nitrogens is 2. The minimum absolute atomic E-state index is 0.0979. The van der Waals surface area contributed by atoms with Crippen molar-refractivity contribution >= 4 is 17.0 Å². The molecule has 1 aromatic heterocycles. The van der Waals surface area contributed by atoms with Crippen LogP contribution in [0.1, 0.15) is 21.7 Å². The topological polar surface area (TPSA) is 66.0 Å². The summed E-state index contributed by atoms with van der Waals surface area (Å²) in [6, 6.07) is 8.43. The number of carboxylic acids is 1. The number of halogens is 2. The third kappa shape index (κ3) is 2.47. The zero-order valence-corrected chi connectivity index (χ0v) is 10.7. The number of nitrogens with zero attached hydrogens (tertiary/aromatic N) is 1. The van der Waals surface area contributed by atoms with E-state index < -0.39 is 17.6 Å². The highest BCUT2D eigenvalue weighted by Crippen LogP contribution is 2.18. The van der Waals surface area contributed by atoms with E-state index >= 15 is 0 Å². The van der Waals surface area contributed by atoms with Crippen molar-refractivity contribution in [2.75, 3.05) is 0 Å². The molecule has 0 aliphatic heterocycles. The van der Waals surface area contributed by atoms with Crippen LogP contribution in [0.3, 0.4) is 0 Å². The molecule has 4 nitrogen and oxygen atoms in total. The molecule has 0 aliphatic carbocycles. The van der Waals surface area contributed by atoms with Gasteiger partial charge in [0.05, 0.1) is 16.6 Å². The van der Waals surface area contributed by atoms with Gasteiger partial charge >= 0.3 is 5.97 Å². The Balaban J connectivity index is 1.98. The molecule has 6 heteroatoms. The first-order valence-corrected chi connectivity index (χ1v) is 6.19. The largest absolute Gasteiger partial charge is 0.478 e. The summed E-state index contributed by atoms with van der Waals surface area (Å²) in [4.78, 5) is 18.1. The van der Waals surface area contributed by atoms with E-state index in [1.165, 1.54) is 24.3 Å². The van der Waals surface area contributed by atoms with E-state index in [1.807, 2.05) is 0 Å². The Morgan fingerprint density at radius 2 is 2.05 bits per heavy atom. The van der Waals surface area contributed by atoms with Crippen LogP contribution in [0.4, 0.5) is 8.78 Å². The van der Waals surface area contributed by atoms with Gasteiger partial charge in [-0.15, -0.1) is 0 Å². The van der Waals surface area contributed by atoms with Gasteiger partial charge in [0.2, 0.25) is 0 Å². The zero-order chi connectivity index (χ0) is 15.0. The summed E-state index contributed by atoms with van der Waals surface area (Å²) in [5.41, 5.74) is 1.44. The molecule has 0 fully saturated rings. The summed E-state index contributed by atoms with van der Waals surface area (Å²) in [6.07, 6.45) is 0.0979. The van der Waals surface area contributed by atoms with Crippen molar-refractivity contribution in [3.05, 3.63) is 65.0 Å². The number of carboxylic acid groups (broad SMARTS) is 1. The quantitative estimate of drug-likeness (QED) is 0.778. The third-order valence-corrected chi connectivity index (χ3v) is 3.17. The molecule has 2 N–H and O–H groups in total. The van der Waals surface area contributed by atoms with E-state index in [9.17, 15) is 13.6 Å². The van der Waals surface area contributed by atoms with Gasteiger partial charge in [-0.2, -0.15) is 0 Å². The summed E-state index contributed by atoms with van der Waals surface area (Å²) < 4.78 is 26.8. The highest BCUT2D eigenvalue weighted by atomic mass is 19.2. The van der Waals surface area contributed by atoms with E-state index in [1.54, 1.807) is 6.07 Å². The number of imidazole rings is 1. The molecular weight excluding hydrogens is 278 g/mol. The van der Waals surface area contributed by atoms with Gasteiger partial charge in [0.1, 0.15) is 5.82 Å². The van der Waals surface area contributed by atoms with Crippen LogP contribution >= 0.6 is 0 Å². The number of hydrogen-bond donors (Lipinski definition) is 2. The smallest absolute Gasteiger partial charge is 0.335 e. The summed E-state index contributed by atoms with van der Waals surface area (Å²) in [7, 11) is 0. The van der Waals surface area contributed by atoms with Crippen LogP contribution in [0.2, 0.25) is 0 Å². The number of rotatable bonds is 3. The highest BCUT2D eigenvalue weighted by molar-refractivity contribution is 5.92. The van der Waals surface area contributed by atoms with E-state index in [2.05, 4.69) is 9.97 Å². The average Bonchev–Trinajstić information content (AvgIpc) is 2.85. The van der Waals surface area contributed by atoms with Crippen molar-refractivity contribution in [3.8, 4) is 0 Å². The number of aromatic amines is 1. The van der Waals surface area contributed by atoms with Gasteiger partial charge in [0, 0.05) is 6.42 Å². The normalized spacial score (nSPS) is 11.0. The van der Waals surface area contributed by atoms with Gasteiger partial charge < -0.3 is 10.1 Å². The van der Waals surface area contributed by atoms with Crippen molar-refractivity contribution in [2.24, 2.45) is 0 Å². The van der Waals surface area contributed by atoms with Crippen LogP contribution < -0.4 is 0 Å². The fraction of sp³-hybridized carbons (Fsp3) is 0.0667. The minimum atomic E-state index is -1.04. The average molecular weight is 288 g/mol. The van der Waals surface area contributed by atoms with E-state index in [0.717, 1.165) is 6.07 Å². The highest BCUT2D eigenvalue weighted by Gasteiger charge is 2.12. The fourth-order valence-corrected chi connectivity index (χ4v) is 2.14. The van der Waals surface area contributed by atoms with Crippen molar-refractivity contribution in [1.82, 2.24) is 9.97 Å². The summed E-state index contributed by atoms with van der Waals surface area (Å²) in [5, 5.41) is 8.93. The summed E-state index contributed by atoms with van der Waals surface area (Å²) >= 11 is 0. The lowest BCUT2D eigenvalue weighted by molar-refractivity contribution is 0.0697. The number of hydrogen-bond acceptors (Lipinski definition) is 2. The zero-order valence-electron chi connectivity index (χ0n) is 10.7. The predicted molar refractivity (Wildman–Crippen MR) is 72.2 cm³/mol. The molecule has 0 spiro atoms. The first-order valence-electron chi connectivity index (χ1n) is 6.19. The van der Waals surface area contributed by atoms with Crippen LogP contribution in [-0.4, -0.2) is 21.0 Å². The van der Waals surface area contributed by atoms with E-state index in [4.69, 9.17) is 5.11 Å². The monoisotopic (exact) mass is 288 g/mol. The van der Waals surface area contributed by atoms with Crippen molar-refractivity contribution in [2.45, 2.75) is 6.42 Å². The van der Waals surface area contributed by atoms with E-state index in [0.29, 0.717) is 16.9 Å². The third-order valence-electron chi connectivity index (χ3n) is 3.17. The van der Waals surface area contributed by atoms with Crippen molar-refractivity contribution < 1.29 is 18.7 Å². The lowest BCUT2D eigenvalue weighted by Gasteiger charge is -2.01. The Bertz CT molecular complexity index is 843. The maximum atomic E-state index is 13.6. The Hall–Kier alpha value is -2.76. The molecule has 0 saturated heterocycles. The summed E-state index contributed by atoms with van der Waals surface area (Å²) in [5.74, 6) is -2.40. The molecule has 3 rings (SSSR count). The maximum absolute atomic E-state index is 13.6. The second-order valence-corrected chi connectivity index (χ2v) is 4.61. The number of benzene rings is 2. The van der Waals surface area contributed by atoms with E-state index in [-0.39, 0.29) is 17.5 Å². The molecule has 21 heavy (non-hydrogen) atoms. The fourth-order valence-electron chi connectivity index (χ4n) is 2.14. The number of nitrogens with one attached hydrogen (secondary N) is 1. The molecule has 2 aromatic carbocycles. The molecule has 0 bridgehead atoms. The number of carbonyl (C=O) groups is 1. The second kappa shape index (κ2) is 4.97. The van der Waals surface area contributed by atoms with Gasteiger partial charge in [-0.1, -0.05) is 12.1 Å². The molecule has 0 unspecified atom stereocenters. The lowest BCUT2D eigenvalue weighted by atomic mass is 10.1. The Morgan fingerprint density at radius 1 is 1.24 bits per heavy atom. The molecular formula is C15H10F2N2O2. The Kier molecular flexibility index (Phi) is 3.13. The van der Waals surface area contributed by atoms with Crippen LogP contribution in [0.5, 0.6) is 0 Å². The first-order chi connectivity index (χ1) is 10.0. The van der Waals surface area contributed by atoms with Gasteiger partial charge in [0.15, 0.2) is 11.6 Å². The molecule has 0 atom stereocenters. The van der Waals surface area contributed by atoms with Crippen molar-refractivity contribution in [1.29, 1.82) is 0 Å². The number of aromatic carboxylic acids is 1. The molecule has 0 saturated carbocycles. The Labute approximate surface area is 118 Å². The molecule has 106 valence electrons. The van der Waals surface area contributed by atoms with Gasteiger partial charge in [-0.3, -0.25) is 0 Å². The first kappa shape index (κ1) is 13.2. The molecule has 0 radical (unpaired) electrons. The SMILES string of the molecule is O=C(O)c1ccc2nc(Cc3cccc(F)c3F)[nH]c2c1. The van der Waals surface area contributed by atoms with Crippen LogP contribution in [-0.2, 0) is 6.42 Å². The van der Waals surface area contributed by atoms with Gasteiger partial charge in [-0.05, 0) is 29.8 Å². The molecule has 0 aliphatic rings. The minimum Gasteiger partial charge on any atom is -0.478 e. The summed E-state index contributed by atoms with van der Waals surface area (Å²) in [6.45, 7) is 0. The van der Waals surface area contributed by atoms with Crippen LogP contribution in [0, 0.1) is 11.6 Å². The maximum Gasteiger partial charge on any atom is 0.335 e. The number of H-pyrrole nitrogens is 1. The van der Waals surface area contributed by atoms with Crippen molar-refractivity contribution in [3.63, 3.8) is 0 Å². The Morgan fingerprint density at radius 3 is 2.81 bits per heavy atom. The van der Waals surface area contributed by atoms with Gasteiger partial charge in [0.25, 0.3) is 0 Å². The lowest BCUT2D eigenvalue weighted by Crippen LogP contribution is -1.97. The van der Waals surface area contributed by atoms with Crippen LogP contribution in [0.15, 0.2) is 36.4 Å². The standard InChI is InChI=1S/C15H10F2N2O2/c16-10-3-1-2-8(14(10)17)7-13-18-11-5-4-9(15(20)21)6-12(11)19-13/h1-6H,7H2,(H,18,19)(H,20,21). The van der Waals surface area contributed by atoms with Crippen LogP contribution in [0.25, 0.3) is 11.0 Å². The second-order valence-electron chi connectivity index (χ2n) is 4.61. The molecule has 3 aromatic rings. The predicted octanol–water partition coefficient (Wildman–Crippen LogP) is 3.13. The number of fused-ring (bicyclic) bond motifs is 1. The molecule has 1 heterocycles. The molecule has 0 amide bonds. The van der Waals surface area contributed by atoms with Gasteiger partial charge in [-0.25, -0.2) is 18.6 Å².